The third kappa shape index (κ3) is 1.47. The Bertz CT molecular complexity index is 298. The third-order valence-electron chi connectivity index (χ3n) is 2.67. The monoisotopic (exact) mass is 177 g/mol. The average Bonchev–Trinajstić information content (AvgIpc) is 2.19. The van der Waals surface area contributed by atoms with Crippen molar-refractivity contribution in [3.63, 3.8) is 0 Å². The Hall–Kier alpha value is -0.860. The molecule has 1 aromatic carbocycles. The number of nitrogens with two attached hydrogens (primary N) is 1. The minimum atomic E-state index is 0.0509. The Morgan fingerprint density at radius 3 is 3.00 bits per heavy atom. The normalized spacial score (nSPS) is 26.9. The van der Waals surface area contributed by atoms with Crippen LogP contribution in [0.4, 0.5) is 0 Å². The van der Waals surface area contributed by atoms with Gasteiger partial charge in [0.05, 0.1) is 18.8 Å². The zero-order chi connectivity index (χ0) is 9.26. The third-order valence-corrected chi connectivity index (χ3v) is 2.67. The molecule has 1 aliphatic rings. The van der Waals surface area contributed by atoms with Gasteiger partial charge in [-0.3, -0.25) is 0 Å². The van der Waals surface area contributed by atoms with E-state index in [-0.39, 0.29) is 12.1 Å². The molecule has 0 aromatic heterocycles. The molecule has 0 bridgehead atoms. The van der Waals surface area contributed by atoms with Crippen LogP contribution in [0.3, 0.4) is 0 Å². The summed E-state index contributed by atoms with van der Waals surface area (Å²) in [6.45, 7) is 2.82. The largest absolute Gasteiger partial charge is 0.372 e. The van der Waals surface area contributed by atoms with E-state index in [0.29, 0.717) is 6.61 Å². The Morgan fingerprint density at radius 1 is 1.46 bits per heavy atom. The van der Waals surface area contributed by atoms with Crippen molar-refractivity contribution in [1.29, 1.82) is 0 Å². The second-order valence-corrected chi connectivity index (χ2v) is 3.48. The lowest BCUT2D eigenvalue weighted by atomic mass is 9.93. The van der Waals surface area contributed by atoms with Gasteiger partial charge >= 0.3 is 0 Å². The van der Waals surface area contributed by atoms with Gasteiger partial charge in [0.25, 0.3) is 0 Å². The van der Waals surface area contributed by atoms with E-state index in [1.807, 2.05) is 12.1 Å². The molecule has 0 aliphatic carbocycles. The number of hydrogen-bond acceptors (Lipinski definition) is 2. The molecule has 1 heterocycles. The first-order valence-corrected chi connectivity index (χ1v) is 4.78. The Morgan fingerprint density at radius 2 is 2.23 bits per heavy atom. The van der Waals surface area contributed by atoms with E-state index >= 15 is 0 Å². The molecular formula is C11H15NO. The number of benzene rings is 1. The molecule has 0 radical (unpaired) electrons. The first-order chi connectivity index (χ1) is 6.33. The highest BCUT2D eigenvalue weighted by Gasteiger charge is 2.25. The fraction of sp³-hybridized carbons (Fsp3) is 0.455. The second kappa shape index (κ2) is 3.48. The predicted molar refractivity (Wildman–Crippen MR) is 52.2 cm³/mol. The van der Waals surface area contributed by atoms with Crippen LogP contribution in [-0.2, 0) is 11.3 Å². The van der Waals surface area contributed by atoms with Gasteiger partial charge in [-0.05, 0) is 17.5 Å². The van der Waals surface area contributed by atoms with E-state index in [2.05, 4.69) is 19.1 Å². The highest BCUT2D eigenvalue weighted by Crippen LogP contribution is 2.28. The molecule has 2 nitrogen and oxygen atoms in total. The maximum absolute atomic E-state index is 6.08. The number of fused-ring (bicyclic) bond motifs is 1. The molecule has 0 saturated carbocycles. The van der Waals surface area contributed by atoms with Gasteiger partial charge in [-0.1, -0.05) is 31.2 Å². The number of rotatable bonds is 1. The quantitative estimate of drug-likeness (QED) is 0.712. The number of ether oxygens (including phenoxy) is 1. The summed E-state index contributed by atoms with van der Waals surface area (Å²) < 4.78 is 5.64. The topological polar surface area (TPSA) is 35.2 Å². The van der Waals surface area contributed by atoms with E-state index < -0.39 is 0 Å². The van der Waals surface area contributed by atoms with Crippen molar-refractivity contribution in [3.8, 4) is 0 Å². The van der Waals surface area contributed by atoms with Gasteiger partial charge in [0, 0.05) is 0 Å². The maximum Gasteiger partial charge on any atom is 0.0769 e. The van der Waals surface area contributed by atoms with Gasteiger partial charge in [-0.15, -0.1) is 0 Å². The lowest BCUT2D eigenvalue weighted by Crippen LogP contribution is -2.33. The van der Waals surface area contributed by atoms with Crippen molar-refractivity contribution in [2.75, 3.05) is 0 Å². The van der Waals surface area contributed by atoms with Gasteiger partial charge in [-0.2, -0.15) is 0 Å². The van der Waals surface area contributed by atoms with E-state index in [0.717, 1.165) is 6.42 Å². The van der Waals surface area contributed by atoms with Crippen LogP contribution in [0.25, 0.3) is 0 Å². The van der Waals surface area contributed by atoms with E-state index in [9.17, 15) is 0 Å². The van der Waals surface area contributed by atoms with E-state index in [4.69, 9.17) is 10.5 Å². The van der Waals surface area contributed by atoms with Crippen molar-refractivity contribution in [2.24, 2.45) is 5.73 Å². The van der Waals surface area contributed by atoms with Gasteiger partial charge in [-0.25, -0.2) is 0 Å². The molecule has 0 spiro atoms. The molecule has 0 saturated heterocycles. The van der Waals surface area contributed by atoms with Crippen molar-refractivity contribution >= 4 is 0 Å². The molecule has 70 valence electrons. The van der Waals surface area contributed by atoms with Crippen LogP contribution in [0.15, 0.2) is 24.3 Å². The summed E-state index contributed by atoms with van der Waals surface area (Å²) in [7, 11) is 0. The average molecular weight is 177 g/mol. The van der Waals surface area contributed by atoms with E-state index in [1.54, 1.807) is 0 Å². The highest BCUT2D eigenvalue weighted by molar-refractivity contribution is 5.31. The molecule has 1 aromatic rings. The first-order valence-electron chi connectivity index (χ1n) is 4.78. The maximum atomic E-state index is 6.08. The van der Waals surface area contributed by atoms with Gasteiger partial charge in [0.2, 0.25) is 0 Å². The lowest BCUT2D eigenvalue weighted by Gasteiger charge is -2.30. The first kappa shape index (κ1) is 8.73. The lowest BCUT2D eigenvalue weighted by molar-refractivity contribution is 0.00680. The SMILES string of the molecule is CC[C@@H]1OCc2ccccc2[C@@H]1N. The second-order valence-electron chi connectivity index (χ2n) is 3.48. The molecule has 13 heavy (non-hydrogen) atoms. The molecule has 2 heteroatoms. The molecule has 0 unspecified atom stereocenters. The minimum absolute atomic E-state index is 0.0509. The van der Waals surface area contributed by atoms with Gasteiger partial charge in [0.1, 0.15) is 0 Å². The highest BCUT2D eigenvalue weighted by atomic mass is 16.5. The van der Waals surface area contributed by atoms with Crippen LogP contribution in [-0.4, -0.2) is 6.10 Å². The zero-order valence-electron chi connectivity index (χ0n) is 7.86. The Balaban J connectivity index is 2.33. The standard InChI is InChI=1S/C11H15NO/c1-2-10-11(12)9-6-4-3-5-8(9)7-13-10/h3-6,10-11H,2,7,12H2,1H3/t10-,11-/m0/s1. The summed E-state index contributed by atoms with van der Waals surface area (Å²) in [5, 5.41) is 0. The zero-order valence-corrected chi connectivity index (χ0v) is 7.86. The van der Waals surface area contributed by atoms with E-state index in [1.165, 1.54) is 11.1 Å². The molecule has 1 aliphatic heterocycles. The van der Waals surface area contributed by atoms with Crippen LogP contribution in [0.2, 0.25) is 0 Å². The summed E-state index contributed by atoms with van der Waals surface area (Å²) in [5.41, 5.74) is 8.56. The van der Waals surface area contributed by atoms with Gasteiger partial charge in [0.15, 0.2) is 0 Å². The summed E-state index contributed by atoms with van der Waals surface area (Å²) in [6.07, 6.45) is 1.17. The van der Waals surface area contributed by atoms with Crippen LogP contribution < -0.4 is 5.73 Å². The van der Waals surface area contributed by atoms with Crippen molar-refractivity contribution in [2.45, 2.75) is 32.1 Å². The predicted octanol–water partition coefficient (Wildman–Crippen LogP) is 2.00. The molecule has 0 fully saturated rings. The summed E-state index contributed by atoms with van der Waals surface area (Å²) in [4.78, 5) is 0. The molecule has 2 atom stereocenters. The van der Waals surface area contributed by atoms with Crippen molar-refractivity contribution < 1.29 is 4.74 Å². The fourth-order valence-corrected chi connectivity index (χ4v) is 1.86. The molecule has 2 N–H and O–H groups in total. The summed E-state index contributed by atoms with van der Waals surface area (Å²) in [6, 6.07) is 8.31. The fourth-order valence-electron chi connectivity index (χ4n) is 1.86. The number of hydrogen-bond donors (Lipinski definition) is 1. The van der Waals surface area contributed by atoms with Crippen LogP contribution in [0.5, 0.6) is 0 Å². The summed E-state index contributed by atoms with van der Waals surface area (Å²) >= 11 is 0. The minimum Gasteiger partial charge on any atom is -0.372 e. The van der Waals surface area contributed by atoms with Crippen molar-refractivity contribution in [3.05, 3.63) is 35.4 Å². The Labute approximate surface area is 78.7 Å². The van der Waals surface area contributed by atoms with Gasteiger partial charge < -0.3 is 10.5 Å². The molecule has 2 rings (SSSR count). The van der Waals surface area contributed by atoms with Crippen LogP contribution in [0.1, 0.15) is 30.5 Å². The molecular weight excluding hydrogens is 162 g/mol. The molecule has 0 amide bonds. The van der Waals surface area contributed by atoms with Crippen LogP contribution in [0, 0.1) is 0 Å². The summed E-state index contributed by atoms with van der Waals surface area (Å²) in [5.74, 6) is 0. The van der Waals surface area contributed by atoms with Crippen LogP contribution >= 0.6 is 0 Å². The Kier molecular flexibility index (Phi) is 2.34. The van der Waals surface area contributed by atoms with Crippen molar-refractivity contribution in [1.82, 2.24) is 0 Å². The smallest absolute Gasteiger partial charge is 0.0769 e.